The van der Waals surface area contributed by atoms with Crippen LogP contribution >= 0.6 is 0 Å². The van der Waals surface area contributed by atoms with E-state index < -0.39 is 12.1 Å². The van der Waals surface area contributed by atoms with Crippen LogP contribution in [0.25, 0.3) is 0 Å². The average Bonchev–Trinajstić information content (AvgIpc) is 3.44. The Morgan fingerprint density at radius 3 is 2.23 bits per heavy atom. The lowest BCUT2D eigenvalue weighted by Crippen LogP contribution is -2.52. The maximum absolute atomic E-state index is 13.0. The van der Waals surface area contributed by atoms with Crippen LogP contribution in [0.2, 0.25) is 0 Å². The maximum Gasteiger partial charge on any atom is 0.243 e. The molecule has 0 aromatic rings. The summed E-state index contributed by atoms with van der Waals surface area (Å²) in [7, 11) is 0. The molecule has 0 radical (unpaired) electrons. The number of carbonyl (C=O) groups excluding carboxylic acids is 5. The van der Waals surface area contributed by atoms with Crippen LogP contribution in [0.15, 0.2) is 11.6 Å². The lowest BCUT2D eigenvalue weighted by atomic mass is 9.78. The molecule has 1 saturated carbocycles. The van der Waals surface area contributed by atoms with E-state index in [-0.39, 0.29) is 65.4 Å². The third-order valence-corrected chi connectivity index (χ3v) is 7.93. The van der Waals surface area contributed by atoms with Gasteiger partial charge >= 0.3 is 0 Å². The van der Waals surface area contributed by atoms with Crippen LogP contribution < -0.4 is 10.6 Å². The molecule has 1 heterocycles. The predicted molar refractivity (Wildman–Crippen MR) is 132 cm³/mol. The summed E-state index contributed by atoms with van der Waals surface area (Å²) in [4.78, 5) is 63.8. The fourth-order valence-corrected chi connectivity index (χ4v) is 5.88. The summed E-state index contributed by atoms with van der Waals surface area (Å²) >= 11 is 0. The molecule has 2 N–H and O–H groups in total. The fourth-order valence-electron chi connectivity index (χ4n) is 5.88. The lowest BCUT2D eigenvalue weighted by molar-refractivity contribution is -0.141. The van der Waals surface area contributed by atoms with Gasteiger partial charge in [0, 0.05) is 13.0 Å². The van der Waals surface area contributed by atoms with E-state index in [1.54, 1.807) is 6.92 Å². The van der Waals surface area contributed by atoms with Crippen molar-refractivity contribution in [3.8, 4) is 0 Å². The molecule has 8 heteroatoms. The summed E-state index contributed by atoms with van der Waals surface area (Å²) in [5.74, 6) is -0.392. The summed E-state index contributed by atoms with van der Waals surface area (Å²) < 4.78 is 0. The number of Topliss-reactive ketones (excluding diaryl/α,β-unsaturated/α-hetero) is 1. The minimum absolute atomic E-state index is 0.0120. The molecule has 4 amide bonds. The summed E-state index contributed by atoms with van der Waals surface area (Å²) in [6, 6.07) is -1.30. The Labute approximate surface area is 208 Å². The largest absolute Gasteiger partial charge is 0.345 e. The zero-order valence-electron chi connectivity index (χ0n) is 21.9. The van der Waals surface area contributed by atoms with Crippen LogP contribution in [0.5, 0.6) is 0 Å². The number of amides is 4. The number of hydrogen-bond acceptors (Lipinski definition) is 5. The SMILES string of the molecule is CC(=O)[C@H](C)NC(=O)[C@@H](NC(=O)CCCCCN1C(=O)C2C3C=C(C(C)C)C(C3)C2C1=O)C(C)C. The molecule has 2 bridgehead atoms. The molecule has 8 nitrogen and oxygen atoms in total. The molecular formula is C27H41N3O5. The second-order valence-corrected chi connectivity index (χ2v) is 11.1. The number of nitrogens with zero attached hydrogens (tertiary/aromatic N) is 1. The number of imide groups is 1. The minimum atomic E-state index is -0.705. The minimum Gasteiger partial charge on any atom is -0.345 e. The zero-order chi connectivity index (χ0) is 26.0. The number of hydrogen-bond donors (Lipinski definition) is 2. The van der Waals surface area contributed by atoms with Crippen molar-refractivity contribution < 1.29 is 24.0 Å². The predicted octanol–water partition coefficient (Wildman–Crippen LogP) is 2.61. The van der Waals surface area contributed by atoms with E-state index in [0.717, 1.165) is 6.42 Å². The monoisotopic (exact) mass is 487 g/mol. The molecule has 1 saturated heterocycles. The molecule has 6 atom stereocenters. The van der Waals surface area contributed by atoms with Gasteiger partial charge in [-0.1, -0.05) is 45.8 Å². The highest BCUT2D eigenvalue weighted by Gasteiger charge is 2.61. The topological polar surface area (TPSA) is 113 Å². The van der Waals surface area contributed by atoms with Gasteiger partial charge in [-0.3, -0.25) is 28.9 Å². The molecule has 1 aliphatic heterocycles. The van der Waals surface area contributed by atoms with Crippen molar-refractivity contribution in [1.82, 2.24) is 15.5 Å². The Bertz CT molecular complexity index is 908. The Morgan fingerprint density at radius 1 is 0.971 bits per heavy atom. The third kappa shape index (κ3) is 5.67. The number of rotatable bonds is 12. The van der Waals surface area contributed by atoms with E-state index >= 15 is 0 Å². The average molecular weight is 488 g/mol. The Balaban J connectivity index is 1.41. The van der Waals surface area contributed by atoms with Crippen molar-refractivity contribution in [2.75, 3.05) is 6.54 Å². The van der Waals surface area contributed by atoms with Gasteiger partial charge in [0.15, 0.2) is 5.78 Å². The lowest BCUT2D eigenvalue weighted by Gasteiger charge is -2.24. The first-order valence-corrected chi connectivity index (χ1v) is 13.1. The van der Waals surface area contributed by atoms with Gasteiger partial charge in [-0.25, -0.2) is 0 Å². The van der Waals surface area contributed by atoms with Crippen molar-refractivity contribution in [1.29, 1.82) is 0 Å². The van der Waals surface area contributed by atoms with E-state index in [9.17, 15) is 24.0 Å². The summed E-state index contributed by atoms with van der Waals surface area (Å²) in [6.45, 7) is 11.4. The molecule has 3 rings (SSSR count). The van der Waals surface area contributed by atoms with Gasteiger partial charge in [0.2, 0.25) is 23.6 Å². The molecule has 2 aliphatic carbocycles. The number of likely N-dealkylation sites (tertiary alicyclic amines) is 1. The second-order valence-electron chi connectivity index (χ2n) is 11.1. The molecule has 0 aromatic heterocycles. The number of nitrogens with one attached hydrogen (secondary N) is 2. The molecule has 194 valence electrons. The van der Waals surface area contributed by atoms with E-state index in [4.69, 9.17) is 0 Å². The Kier molecular flexibility index (Phi) is 8.54. The van der Waals surface area contributed by atoms with Crippen molar-refractivity contribution in [2.45, 2.75) is 85.7 Å². The van der Waals surface area contributed by atoms with Crippen LogP contribution in [0.3, 0.4) is 0 Å². The molecule has 4 unspecified atom stereocenters. The van der Waals surface area contributed by atoms with Crippen molar-refractivity contribution in [3.05, 3.63) is 11.6 Å². The van der Waals surface area contributed by atoms with E-state index in [0.29, 0.717) is 31.7 Å². The van der Waals surface area contributed by atoms with E-state index in [1.165, 1.54) is 17.4 Å². The number of allylic oxidation sites excluding steroid dienone is 2. The van der Waals surface area contributed by atoms with Crippen molar-refractivity contribution in [3.63, 3.8) is 0 Å². The standard InChI is InChI=1S/C27H41N3O5/c1-14(2)19-12-18-13-20(19)23-22(18)26(34)30(27(23)35)11-9-7-8-10-21(32)29-24(15(3)4)25(33)28-16(5)17(6)31/h12,14-16,18,20,22-24H,7-11,13H2,1-6H3,(H,28,33)(H,29,32)/t16-,18?,20?,22?,23?,24-/m0/s1. The number of unbranched alkanes of at least 4 members (excludes halogenated alkanes) is 2. The van der Waals surface area contributed by atoms with Crippen LogP contribution in [0, 0.1) is 35.5 Å². The Morgan fingerprint density at radius 2 is 1.63 bits per heavy atom. The van der Waals surface area contributed by atoms with Gasteiger partial charge in [0.1, 0.15) is 6.04 Å². The van der Waals surface area contributed by atoms with Gasteiger partial charge in [-0.15, -0.1) is 0 Å². The highest BCUT2D eigenvalue weighted by atomic mass is 16.2. The van der Waals surface area contributed by atoms with Gasteiger partial charge in [-0.05, 0) is 56.8 Å². The Hall–Kier alpha value is -2.51. The van der Waals surface area contributed by atoms with Crippen LogP contribution in [-0.4, -0.2) is 52.9 Å². The highest BCUT2D eigenvalue weighted by molar-refractivity contribution is 6.06. The number of ketones is 1. The summed E-state index contributed by atoms with van der Waals surface area (Å²) in [5, 5.41) is 5.42. The van der Waals surface area contributed by atoms with Gasteiger partial charge in [-0.2, -0.15) is 0 Å². The number of fused-ring (bicyclic) bond motifs is 5. The van der Waals surface area contributed by atoms with Crippen LogP contribution in [-0.2, 0) is 24.0 Å². The first-order valence-electron chi connectivity index (χ1n) is 13.1. The van der Waals surface area contributed by atoms with E-state index in [2.05, 4.69) is 30.6 Å². The molecule has 35 heavy (non-hydrogen) atoms. The fraction of sp³-hybridized carbons (Fsp3) is 0.741. The van der Waals surface area contributed by atoms with Gasteiger partial charge in [0.25, 0.3) is 0 Å². The normalized spacial score (nSPS) is 26.7. The van der Waals surface area contributed by atoms with Gasteiger partial charge < -0.3 is 10.6 Å². The van der Waals surface area contributed by atoms with Gasteiger partial charge in [0.05, 0.1) is 17.9 Å². The maximum atomic E-state index is 13.0. The smallest absolute Gasteiger partial charge is 0.243 e. The highest BCUT2D eigenvalue weighted by Crippen LogP contribution is 2.56. The van der Waals surface area contributed by atoms with E-state index in [1.807, 2.05) is 13.8 Å². The van der Waals surface area contributed by atoms with Crippen molar-refractivity contribution >= 4 is 29.4 Å². The summed E-state index contributed by atoms with van der Waals surface area (Å²) in [5.41, 5.74) is 1.34. The molecule has 3 aliphatic rings. The van der Waals surface area contributed by atoms with Crippen LogP contribution in [0.1, 0.15) is 73.6 Å². The van der Waals surface area contributed by atoms with Crippen LogP contribution in [0.4, 0.5) is 0 Å². The quantitative estimate of drug-likeness (QED) is 0.250. The second kappa shape index (κ2) is 11.0. The summed E-state index contributed by atoms with van der Waals surface area (Å²) in [6.07, 6.45) is 5.42. The molecular weight excluding hydrogens is 446 g/mol. The first-order chi connectivity index (χ1) is 16.4. The molecule has 2 fully saturated rings. The zero-order valence-corrected chi connectivity index (χ0v) is 21.9. The number of carbonyl (C=O) groups is 5. The molecule has 0 spiro atoms. The third-order valence-electron chi connectivity index (χ3n) is 7.93. The van der Waals surface area contributed by atoms with Crippen molar-refractivity contribution in [2.24, 2.45) is 35.5 Å². The first kappa shape index (κ1) is 27.1. The molecule has 0 aromatic carbocycles.